The van der Waals surface area contributed by atoms with Crippen molar-refractivity contribution < 1.29 is 4.79 Å². The molecule has 0 radical (unpaired) electrons. The fourth-order valence-electron chi connectivity index (χ4n) is 2.26. The Morgan fingerprint density at radius 3 is 2.81 bits per heavy atom. The molecule has 0 aliphatic heterocycles. The predicted molar refractivity (Wildman–Crippen MR) is 85.6 cm³/mol. The van der Waals surface area contributed by atoms with Gasteiger partial charge in [0.15, 0.2) is 4.96 Å². The Hall–Kier alpha value is -2.14. The van der Waals surface area contributed by atoms with Crippen molar-refractivity contribution in [2.24, 2.45) is 0 Å². The topological polar surface area (TPSA) is 46.4 Å². The highest BCUT2D eigenvalue weighted by molar-refractivity contribution is 7.15. The van der Waals surface area contributed by atoms with Crippen LogP contribution in [0.15, 0.2) is 42.0 Å². The van der Waals surface area contributed by atoms with Gasteiger partial charge in [-0.2, -0.15) is 0 Å². The zero-order chi connectivity index (χ0) is 14.8. The smallest absolute Gasteiger partial charge is 0.216 e. The van der Waals surface area contributed by atoms with E-state index in [1.165, 1.54) is 5.56 Å². The number of carbonyl (C=O) groups is 1. The van der Waals surface area contributed by atoms with E-state index in [1.54, 1.807) is 18.3 Å². The van der Waals surface area contributed by atoms with E-state index < -0.39 is 0 Å². The molecule has 0 bridgehead atoms. The molecule has 1 aromatic carbocycles. The summed E-state index contributed by atoms with van der Waals surface area (Å²) < 4.78 is 2.04. The summed E-state index contributed by atoms with van der Waals surface area (Å²) in [6.07, 6.45) is 4.06. The molecule has 2 aromatic heterocycles. The quantitative estimate of drug-likeness (QED) is 0.803. The second-order valence-electron chi connectivity index (χ2n) is 5.18. The van der Waals surface area contributed by atoms with Gasteiger partial charge in [-0.3, -0.25) is 9.20 Å². The summed E-state index contributed by atoms with van der Waals surface area (Å²) in [6, 6.07) is 8.39. The minimum Gasteiger partial charge on any atom is -0.356 e. The van der Waals surface area contributed by atoms with Crippen molar-refractivity contribution in [1.29, 1.82) is 0 Å². The van der Waals surface area contributed by atoms with Crippen LogP contribution in [0.5, 0.6) is 0 Å². The van der Waals surface area contributed by atoms with Crippen molar-refractivity contribution >= 4 is 22.2 Å². The molecule has 1 unspecified atom stereocenters. The van der Waals surface area contributed by atoms with Crippen molar-refractivity contribution in [3.63, 3.8) is 0 Å². The van der Waals surface area contributed by atoms with E-state index in [2.05, 4.69) is 41.5 Å². The molecule has 0 fully saturated rings. The van der Waals surface area contributed by atoms with Crippen molar-refractivity contribution in [3.05, 3.63) is 47.6 Å². The summed E-state index contributed by atoms with van der Waals surface area (Å²) in [7, 11) is 0. The third-order valence-electron chi connectivity index (χ3n) is 3.53. The lowest BCUT2D eigenvalue weighted by Gasteiger charge is -2.12. The SMILES string of the molecule is CC(=O)NCC(C)c1ccc(-c2cn3ccsc3n2)cc1. The van der Waals surface area contributed by atoms with Gasteiger partial charge in [0.25, 0.3) is 0 Å². The number of amides is 1. The zero-order valence-corrected chi connectivity index (χ0v) is 12.9. The third-order valence-corrected chi connectivity index (χ3v) is 4.30. The Kier molecular flexibility index (Phi) is 3.75. The molecule has 0 saturated carbocycles. The first-order valence-corrected chi connectivity index (χ1v) is 7.78. The van der Waals surface area contributed by atoms with Crippen LogP contribution in [0, 0.1) is 0 Å². The molecule has 0 saturated heterocycles. The first kappa shape index (κ1) is 13.8. The first-order chi connectivity index (χ1) is 10.1. The van der Waals surface area contributed by atoms with E-state index in [0.717, 1.165) is 16.2 Å². The minimum absolute atomic E-state index is 0.0107. The van der Waals surface area contributed by atoms with E-state index in [1.807, 2.05) is 22.2 Å². The third kappa shape index (κ3) is 2.97. The Morgan fingerprint density at radius 2 is 2.14 bits per heavy atom. The lowest BCUT2D eigenvalue weighted by Crippen LogP contribution is -2.24. The van der Waals surface area contributed by atoms with Crippen LogP contribution in [0.4, 0.5) is 0 Å². The maximum atomic E-state index is 11.0. The molecule has 0 aliphatic rings. The summed E-state index contributed by atoms with van der Waals surface area (Å²) >= 11 is 1.63. The number of thiazole rings is 1. The molecule has 0 aliphatic carbocycles. The number of imidazole rings is 1. The maximum absolute atomic E-state index is 11.0. The molecule has 3 rings (SSSR count). The second kappa shape index (κ2) is 5.69. The Labute approximate surface area is 127 Å². The van der Waals surface area contributed by atoms with E-state index in [0.29, 0.717) is 12.5 Å². The Balaban J connectivity index is 1.77. The number of rotatable bonds is 4. The molecule has 3 aromatic rings. The highest BCUT2D eigenvalue weighted by atomic mass is 32.1. The van der Waals surface area contributed by atoms with Gasteiger partial charge < -0.3 is 5.32 Å². The van der Waals surface area contributed by atoms with Gasteiger partial charge in [-0.15, -0.1) is 11.3 Å². The zero-order valence-electron chi connectivity index (χ0n) is 12.0. The van der Waals surface area contributed by atoms with Gasteiger partial charge in [-0.05, 0) is 11.5 Å². The number of fused-ring (bicyclic) bond motifs is 1. The fourth-order valence-corrected chi connectivity index (χ4v) is 2.96. The molecule has 5 heteroatoms. The number of nitrogens with zero attached hydrogens (tertiary/aromatic N) is 2. The number of nitrogens with one attached hydrogen (secondary N) is 1. The first-order valence-electron chi connectivity index (χ1n) is 6.90. The van der Waals surface area contributed by atoms with Crippen molar-refractivity contribution in [1.82, 2.24) is 14.7 Å². The summed E-state index contributed by atoms with van der Waals surface area (Å²) in [4.78, 5) is 16.6. The molecular weight excluding hydrogens is 282 g/mol. The van der Waals surface area contributed by atoms with Crippen molar-refractivity contribution in [2.45, 2.75) is 19.8 Å². The predicted octanol–water partition coefficient (Wildman–Crippen LogP) is 3.30. The molecule has 0 spiro atoms. The Bertz CT molecular complexity index is 729. The lowest BCUT2D eigenvalue weighted by atomic mass is 9.99. The number of benzene rings is 1. The molecule has 4 nitrogen and oxygen atoms in total. The van der Waals surface area contributed by atoms with Crippen LogP contribution in [-0.4, -0.2) is 21.8 Å². The summed E-state index contributed by atoms with van der Waals surface area (Å²) in [6.45, 7) is 4.31. The van der Waals surface area contributed by atoms with Gasteiger partial charge in [0, 0.05) is 36.8 Å². The lowest BCUT2D eigenvalue weighted by molar-refractivity contribution is -0.119. The highest BCUT2D eigenvalue weighted by Crippen LogP contribution is 2.23. The fraction of sp³-hybridized carbons (Fsp3) is 0.250. The van der Waals surface area contributed by atoms with E-state index in [9.17, 15) is 4.79 Å². The molecule has 2 heterocycles. The molecule has 108 valence electrons. The molecule has 1 N–H and O–H groups in total. The van der Waals surface area contributed by atoms with E-state index >= 15 is 0 Å². The van der Waals surface area contributed by atoms with Crippen LogP contribution in [-0.2, 0) is 4.79 Å². The van der Waals surface area contributed by atoms with Gasteiger partial charge in [-0.25, -0.2) is 4.98 Å². The van der Waals surface area contributed by atoms with Gasteiger partial charge in [-0.1, -0.05) is 31.2 Å². The van der Waals surface area contributed by atoms with Crippen LogP contribution in [0.1, 0.15) is 25.3 Å². The largest absolute Gasteiger partial charge is 0.356 e. The number of hydrogen-bond acceptors (Lipinski definition) is 3. The van der Waals surface area contributed by atoms with Crippen molar-refractivity contribution in [2.75, 3.05) is 6.54 Å². The average Bonchev–Trinajstić information content (AvgIpc) is 3.06. The maximum Gasteiger partial charge on any atom is 0.216 e. The van der Waals surface area contributed by atoms with Crippen LogP contribution in [0.2, 0.25) is 0 Å². The van der Waals surface area contributed by atoms with Crippen molar-refractivity contribution in [3.8, 4) is 11.3 Å². The number of aromatic nitrogens is 2. The van der Waals surface area contributed by atoms with Crippen LogP contribution in [0.3, 0.4) is 0 Å². The summed E-state index contributed by atoms with van der Waals surface area (Å²) in [5.41, 5.74) is 3.32. The van der Waals surface area contributed by atoms with Gasteiger partial charge >= 0.3 is 0 Å². The van der Waals surface area contributed by atoms with Gasteiger partial charge in [0.05, 0.1) is 5.69 Å². The van der Waals surface area contributed by atoms with Gasteiger partial charge in [0.2, 0.25) is 5.91 Å². The summed E-state index contributed by atoms with van der Waals surface area (Å²) in [5.74, 6) is 0.310. The molecule has 1 amide bonds. The molecule has 21 heavy (non-hydrogen) atoms. The summed E-state index contributed by atoms with van der Waals surface area (Å²) in [5, 5.41) is 4.88. The number of carbonyl (C=O) groups excluding carboxylic acids is 1. The van der Waals surface area contributed by atoms with Crippen LogP contribution < -0.4 is 5.32 Å². The highest BCUT2D eigenvalue weighted by Gasteiger charge is 2.08. The number of hydrogen-bond donors (Lipinski definition) is 1. The standard InChI is InChI=1S/C16H17N3OS/c1-11(9-17-12(2)20)13-3-5-14(6-4-13)15-10-19-7-8-21-16(19)18-15/h3-8,10-11H,9H2,1-2H3,(H,17,20). The van der Waals surface area contributed by atoms with Gasteiger partial charge in [0.1, 0.15) is 0 Å². The monoisotopic (exact) mass is 299 g/mol. The van der Waals surface area contributed by atoms with Crippen LogP contribution >= 0.6 is 11.3 Å². The van der Waals surface area contributed by atoms with E-state index in [4.69, 9.17) is 0 Å². The average molecular weight is 299 g/mol. The molecule has 1 atom stereocenters. The second-order valence-corrected chi connectivity index (χ2v) is 6.05. The van der Waals surface area contributed by atoms with Crippen LogP contribution in [0.25, 0.3) is 16.2 Å². The minimum atomic E-state index is 0.0107. The Morgan fingerprint density at radius 1 is 1.38 bits per heavy atom. The normalized spacial score (nSPS) is 12.5. The molecular formula is C16H17N3OS. The van der Waals surface area contributed by atoms with E-state index in [-0.39, 0.29) is 5.91 Å².